The fourth-order valence-corrected chi connectivity index (χ4v) is 6.39. The summed E-state index contributed by atoms with van der Waals surface area (Å²) in [7, 11) is 3.18. The predicted molar refractivity (Wildman–Crippen MR) is 157 cm³/mol. The van der Waals surface area contributed by atoms with E-state index >= 15 is 0 Å². The van der Waals surface area contributed by atoms with E-state index in [2.05, 4.69) is 20.9 Å². The van der Waals surface area contributed by atoms with Crippen LogP contribution in [0.15, 0.2) is 41.0 Å². The number of ether oxygens (including phenoxy) is 1. The largest absolute Gasteiger partial charge is 0.459 e. The number of cyclic esters (lactones) is 1. The lowest BCUT2D eigenvalue weighted by atomic mass is 9.96. The highest BCUT2D eigenvalue weighted by Gasteiger charge is 2.36. The summed E-state index contributed by atoms with van der Waals surface area (Å²) in [4.78, 5) is 68.0. The number of hydrogen-bond acceptors (Lipinski definition) is 10. The van der Waals surface area contributed by atoms with Crippen LogP contribution in [-0.4, -0.2) is 101 Å². The highest BCUT2D eigenvalue weighted by atomic mass is 32.2. The lowest BCUT2D eigenvalue weighted by Gasteiger charge is -2.28. The number of likely N-dealkylation sites (N-methyl/N-ethyl adjacent to an activating group) is 1. The van der Waals surface area contributed by atoms with Crippen LogP contribution in [0, 0.1) is 0 Å². The molecule has 1 fully saturated rings. The van der Waals surface area contributed by atoms with Gasteiger partial charge in [-0.15, -0.1) is 0 Å². The molecule has 226 valence electrons. The number of thioether (sulfide) groups is 1. The molecule has 0 spiro atoms. The Morgan fingerprint density at radius 2 is 1.86 bits per heavy atom. The first-order valence-corrected chi connectivity index (χ1v) is 15.0. The van der Waals surface area contributed by atoms with Gasteiger partial charge < -0.3 is 25.2 Å². The highest BCUT2D eigenvalue weighted by molar-refractivity contribution is 7.98. The van der Waals surface area contributed by atoms with Gasteiger partial charge in [-0.2, -0.15) is 11.8 Å². The first kappa shape index (κ1) is 30.0. The van der Waals surface area contributed by atoms with E-state index < -0.39 is 42.5 Å². The number of amides is 4. The van der Waals surface area contributed by atoms with Crippen LogP contribution in [0.4, 0.5) is 0 Å². The minimum atomic E-state index is -1.29. The Morgan fingerprint density at radius 1 is 1.09 bits per heavy atom. The summed E-state index contributed by atoms with van der Waals surface area (Å²) in [5, 5.41) is 13.2. The molecule has 0 aliphatic carbocycles. The van der Waals surface area contributed by atoms with Crippen LogP contribution in [-0.2, 0) is 29.7 Å². The normalized spacial score (nSPS) is 21.2. The fourth-order valence-electron chi connectivity index (χ4n) is 5.29. The maximum atomic E-state index is 13.4. The summed E-state index contributed by atoms with van der Waals surface area (Å²) in [6, 6.07) is 7.75. The monoisotopic (exact) mass is 608 g/mol. The summed E-state index contributed by atoms with van der Waals surface area (Å²) in [5.74, 6) is -1.88. The quantitative estimate of drug-likeness (QED) is 0.414. The Bertz CT molecular complexity index is 1570. The lowest BCUT2D eigenvalue weighted by Crippen LogP contribution is -2.58. The third-order valence-corrected chi connectivity index (χ3v) is 8.58. The van der Waals surface area contributed by atoms with Crippen LogP contribution < -0.4 is 10.6 Å². The van der Waals surface area contributed by atoms with E-state index in [1.54, 1.807) is 32.3 Å². The minimum absolute atomic E-state index is 0.208. The molecule has 3 aromatic rings. The van der Waals surface area contributed by atoms with Gasteiger partial charge in [0, 0.05) is 39.1 Å². The van der Waals surface area contributed by atoms with Gasteiger partial charge in [0.25, 0.3) is 0 Å². The number of esters is 1. The molecule has 14 heteroatoms. The zero-order valence-electron chi connectivity index (χ0n) is 24.0. The lowest BCUT2D eigenvalue weighted by molar-refractivity contribution is -0.139. The van der Waals surface area contributed by atoms with Crippen molar-refractivity contribution in [2.75, 3.05) is 33.0 Å². The van der Waals surface area contributed by atoms with Gasteiger partial charge in [-0.3, -0.25) is 19.2 Å². The molecule has 2 aromatic carbocycles. The third-order valence-electron chi connectivity index (χ3n) is 7.52. The predicted octanol–water partition coefficient (Wildman–Crippen LogP) is 1.36. The summed E-state index contributed by atoms with van der Waals surface area (Å²) in [6.45, 7) is 1.35. The molecule has 1 saturated heterocycles. The van der Waals surface area contributed by atoms with Crippen molar-refractivity contribution in [1.29, 1.82) is 0 Å². The fraction of sp³-hybridized carbons (Fsp3) is 0.414. The van der Waals surface area contributed by atoms with Gasteiger partial charge in [-0.25, -0.2) is 9.42 Å². The molecule has 0 saturated carbocycles. The maximum absolute atomic E-state index is 13.4. The SMILES string of the molecule is CC(=O)N1CCC[C@H]1C(=O)N[C@@H]1COC(=O)c2cccc(-c3ccc4nonc4c3)c2CSC[C@H](C(=O)N(C)C)NC1=O. The van der Waals surface area contributed by atoms with Crippen molar-refractivity contribution in [2.24, 2.45) is 0 Å². The van der Waals surface area contributed by atoms with Gasteiger partial charge in [0.05, 0.1) is 5.56 Å². The van der Waals surface area contributed by atoms with E-state index in [1.165, 1.54) is 28.5 Å². The van der Waals surface area contributed by atoms with E-state index in [1.807, 2.05) is 18.2 Å². The molecule has 5 rings (SSSR count). The van der Waals surface area contributed by atoms with Crippen molar-refractivity contribution in [3.63, 3.8) is 0 Å². The van der Waals surface area contributed by atoms with Gasteiger partial charge in [-0.1, -0.05) is 18.2 Å². The number of benzene rings is 2. The summed E-state index contributed by atoms with van der Waals surface area (Å²) in [5.41, 5.74) is 3.67. The van der Waals surface area contributed by atoms with Crippen LogP contribution in [0.25, 0.3) is 22.2 Å². The van der Waals surface area contributed by atoms with Crippen molar-refractivity contribution < 1.29 is 33.3 Å². The van der Waals surface area contributed by atoms with E-state index in [9.17, 15) is 24.0 Å². The minimum Gasteiger partial charge on any atom is -0.459 e. The molecular formula is C29H32N6O7S. The Kier molecular flexibility index (Phi) is 8.94. The molecule has 13 nitrogen and oxygen atoms in total. The number of fused-ring (bicyclic) bond motifs is 2. The van der Waals surface area contributed by atoms with Gasteiger partial charge in [-0.05, 0) is 58.0 Å². The third kappa shape index (κ3) is 6.48. The number of rotatable bonds is 4. The first-order chi connectivity index (χ1) is 20.6. The highest BCUT2D eigenvalue weighted by Crippen LogP contribution is 2.32. The van der Waals surface area contributed by atoms with E-state index in [0.717, 1.165) is 11.1 Å². The number of carbonyl (C=O) groups excluding carboxylic acids is 5. The number of likely N-dealkylation sites (tertiary alicyclic amines) is 1. The van der Waals surface area contributed by atoms with E-state index in [4.69, 9.17) is 9.37 Å². The van der Waals surface area contributed by atoms with Crippen molar-refractivity contribution >= 4 is 52.4 Å². The van der Waals surface area contributed by atoms with Crippen molar-refractivity contribution in [3.05, 3.63) is 47.5 Å². The summed E-state index contributed by atoms with van der Waals surface area (Å²) in [6.07, 6.45) is 1.10. The zero-order valence-corrected chi connectivity index (χ0v) is 24.8. The number of carbonyl (C=O) groups is 5. The number of nitrogens with one attached hydrogen (secondary N) is 2. The summed E-state index contributed by atoms with van der Waals surface area (Å²) < 4.78 is 10.4. The van der Waals surface area contributed by atoms with Crippen molar-refractivity contribution in [1.82, 2.24) is 30.7 Å². The van der Waals surface area contributed by atoms with E-state index in [0.29, 0.717) is 47.3 Å². The van der Waals surface area contributed by atoms with Crippen molar-refractivity contribution in [3.8, 4) is 11.1 Å². The first-order valence-electron chi connectivity index (χ1n) is 13.8. The molecule has 3 atom stereocenters. The average Bonchev–Trinajstić information content (AvgIpc) is 3.67. The molecule has 0 bridgehead atoms. The van der Waals surface area contributed by atoms with Crippen LogP contribution >= 0.6 is 11.8 Å². The van der Waals surface area contributed by atoms with Crippen molar-refractivity contribution in [2.45, 2.75) is 43.6 Å². The molecule has 3 heterocycles. The van der Waals surface area contributed by atoms with E-state index in [-0.39, 0.29) is 17.6 Å². The summed E-state index contributed by atoms with van der Waals surface area (Å²) >= 11 is 1.37. The number of nitrogens with zero attached hydrogens (tertiary/aromatic N) is 4. The molecule has 2 aliphatic heterocycles. The Hall–Kier alpha value is -4.46. The van der Waals surface area contributed by atoms with Crippen LogP contribution in [0.5, 0.6) is 0 Å². The molecule has 2 aliphatic rings. The molecular weight excluding hydrogens is 576 g/mol. The molecule has 2 N–H and O–H groups in total. The molecule has 0 radical (unpaired) electrons. The van der Waals surface area contributed by atoms with Gasteiger partial charge in [0.2, 0.25) is 23.6 Å². The Morgan fingerprint density at radius 3 is 2.63 bits per heavy atom. The second-order valence-corrected chi connectivity index (χ2v) is 11.7. The van der Waals surface area contributed by atoms with Gasteiger partial charge in [0.15, 0.2) is 0 Å². The standard InChI is InChI=1S/C29H32N6O7S/c1-16(36)35-11-5-8-25(35)27(38)30-23-13-41-29(40)19-7-4-6-18(17-9-10-21-22(12-17)33-42-32-21)20(19)14-43-15-24(31-26(23)37)28(39)34(2)3/h4,6-7,9-10,12,23-25H,5,8,11,13-15H2,1-3H3,(H,30,38)(H,31,37)/t23-,24-,25+/m1/s1. The number of aromatic nitrogens is 2. The van der Waals surface area contributed by atoms with Gasteiger partial charge in [0.1, 0.15) is 35.8 Å². The average molecular weight is 609 g/mol. The Labute approximate surface area is 251 Å². The maximum Gasteiger partial charge on any atom is 0.338 e. The molecule has 43 heavy (non-hydrogen) atoms. The second kappa shape index (κ2) is 12.8. The number of hydrogen-bond donors (Lipinski definition) is 2. The second-order valence-electron chi connectivity index (χ2n) is 10.6. The molecule has 0 unspecified atom stereocenters. The van der Waals surface area contributed by atoms with Crippen LogP contribution in [0.3, 0.4) is 0 Å². The van der Waals surface area contributed by atoms with Gasteiger partial charge >= 0.3 is 5.97 Å². The molecule has 1 aromatic heterocycles. The van der Waals surface area contributed by atoms with Crippen LogP contribution in [0.2, 0.25) is 0 Å². The Balaban J connectivity index is 1.47. The zero-order chi connectivity index (χ0) is 30.7. The smallest absolute Gasteiger partial charge is 0.338 e. The van der Waals surface area contributed by atoms with Crippen LogP contribution in [0.1, 0.15) is 35.7 Å². The molecule has 4 amide bonds. The topological polar surface area (TPSA) is 164 Å².